The number of methoxy groups -OCH3 is 1. The number of hydrogen-bond acceptors (Lipinski definition) is 4. The molecule has 0 unspecified atom stereocenters. The number of carbonyl (C=O) groups excluding carboxylic acids is 1. The molecule has 0 heterocycles. The number of thiol groups is 1. The number of carboxylic acid groups (broad SMARTS) is 1. The molecule has 116 valence electrons. The molecule has 0 spiro atoms. The third kappa shape index (κ3) is 5.77. The maximum atomic E-state index is 12.2. The molecule has 1 aromatic rings. The van der Waals surface area contributed by atoms with E-state index >= 15 is 0 Å². The van der Waals surface area contributed by atoms with Crippen LogP contribution in [0.5, 0.6) is 0 Å². The van der Waals surface area contributed by atoms with Crippen molar-refractivity contribution in [2.75, 3.05) is 12.9 Å². The van der Waals surface area contributed by atoms with Gasteiger partial charge in [0.25, 0.3) is 0 Å². The van der Waals surface area contributed by atoms with Gasteiger partial charge in [-0.3, -0.25) is 9.59 Å². The summed E-state index contributed by atoms with van der Waals surface area (Å²) in [4.78, 5) is 22.9. The summed E-state index contributed by atoms with van der Waals surface area (Å²) in [6.45, 7) is 1.99. The first-order valence-electron chi connectivity index (χ1n) is 6.68. The molecule has 1 rings (SSSR count). The smallest absolute Gasteiger partial charge is 0.307 e. The summed E-state index contributed by atoms with van der Waals surface area (Å²) in [5.74, 6) is -1.23. The second-order valence-electron chi connectivity index (χ2n) is 4.84. The minimum Gasteiger partial charge on any atom is -0.481 e. The molecular weight excluding hydrogens is 290 g/mol. The van der Waals surface area contributed by atoms with E-state index in [1.807, 2.05) is 31.2 Å². The lowest BCUT2D eigenvalue weighted by Gasteiger charge is -2.20. The van der Waals surface area contributed by atoms with Crippen LogP contribution < -0.4 is 5.32 Å². The molecule has 0 aliphatic rings. The number of aliphatic carboxylic acids is 1. The number of aryl methyl sites for hydroxylation is 1. The monoisotopic (exact) mass is 311 g/mol. The van der Waals surface area contributed by atoms with Crippen molar-refractivity contribution in [3.8, 4) is 0 Å². The molecule has 6 heteroatoms. The van der Waals surface area contributed by atoms with E-state index in [-0.39, 0.29) is 18.2 Å². The highest BCUT2D eigenvalue weighted by molar-refractivity contribution is 7.80. The minimum absolute atomic E-state index is 0.249. The van der Waals surface area contributed by atoms with Gasteiger partial charge < -0.3 is 15.2 Å². The van der Waals surface area contributed by atoms with Crippen LogP contribution in [0.1, 0.15) is 17.5 Å². The maximum absolute atomic E-state index is 12.2. The van der Waals surface area contributed by atoms with Crippen molar-refractivity contribution in [1.82, 2.24) is 5.32 Å². The normalized spacial score (nSPS) is 13.5. The van der Waals surface area contributed by atoms with Gasteiger partial charge in [0.1, 0.15) is 6.23 Å². The fourth-order valence-electron chi connectivity index (χ4n) is 1.97. The minimum atomic E-state index is -1.02. The molecule has 21 heavy (non-hydrogen) atoms. The summed E-state index contributed by atoms with van der Waals surface area (Å²) in [5.41, 5.74) is 2.20. The topological polar surface area (TPSA) is 75.6 Å². The Kier molecular flexibility index (Phi) is 7.25. The van der Waals surface area contributed by atoms with E-state index in [0.29, 0.717) is 12.2 Å². The molecule has 2 atom stereocenters. The molecule has 0 saturated carbocycles. The molecule has 2 N–H and O–H groups in total. The van der Waals surface area contributed by atoms with Gasteiger partial charge in [0, 0.05) is 12.9 Å². The number of carboxylic acids is 1. The van der Waals surface area contributed by atoms with Gasteiger partial charge in [-0.2, -0.15) is 12.6 Å². The highest BCUT2D eigenvalue weighted by atomic mass is 32.1. The molecule has 1 amide bonds. The molecule has 0 fully saturated rings. The molecule has 0 saturated heterocycles. The average Bonchev–Trinajstić information content (AvgIpc) is 2.45. The molecular formula is C15H21NO4S. The molecule has 0 aliphatic heterocycles. The zero-order valence-electron chi connectivity index (χ0n) is 12.2. The lowest BCUT2D eigenvalue weighted by atomic mass is 9.96. The molecule has 0 aromatic heterocycles. The van der Waals surface area contributed by atoms with Gasteiger partial charge in [0.15, 0.2) is 0 Å². The van der Waals surface area contributed by atoms with Crippen LogP contribution >= 0.6 is 12.6 Å². The largest absolute Gasteiger partial charge is 0.481 e. The SMILES string of the molecule is CO[C@@H](CC(=O)O)NC(=O)[C@@H](CS)Cc1ccccc1C. The van der Waals surface area contributed by atoms with Crippen molar-refractivity contribution >= 4 is 24.5 Å². The van der Waals surface area contributed by atoms with Crippen LogP contribution in [-0.4, -0.2) is 36.1 Å². The lowest BCUT2D eigenvalue weighted by Crippen LogP contribution is -2.42. The Bertz CT molecular complexity index is 492. The van der Waals surface area contributed by atoms with Gasteiger partial charge in [-0.25, -0.2) is 0 Å². The van der Waals surface area contributed by atoms with Crippen LogP contribution in [0, 0.1) is 12.8 Å². The summed E-state index contributed by atoms with van der Waals surface area (Å²) in [6, 6.07) is 7.84. The fourth-order valence-corrected chi connectivity index (χ4v) is 2.27. The highest BCUT2D eigenvalue weighted by Gasteiger charge is 2.22. The number of carbonyl (C=O) groups is 2. The number of benzene rings is 1. The van der Waals surface area contributed by atoms with Crippen molar-refractivity contribution < 1.29 is 19.4 Å². The van der Waals surface area contributed by atoms with E-state index in [9.17, 15) is 9.59 Å². The molecule has 1 aromatic carbocycles. The first-order valence-corrected chi connectivity index (χ1v) is 7.31. The summed E-state index contributed by atoms with van der Waals surface area (Å²) in [5, 5.41) is 11.3. The first kappa shape index (κ1) is 17.5. The Hall–Kier alpha value is -1.53. The fraction of sp³-hybridized carbons (Fsp3) is 0.467. The predicted molar refractivity (Wildman–Crippen MR) is 83.4 cm³/mol. The third-order valence-electron chi connectivity index (χ3n) is 3.27. The van der Waals surface area contributed by atoms with E-state index in [0.717, 1.165) is 11.1 Å². The van der Waals surface area contributed by atoms with Crippen LogP contribution in [0.2, 0.25) is 0 Å². The van der Waals surface area contributed by atoms with Gasteiger partial charge in [0.2, 0.25) is 5.91 Å². The Morgan fingerprint density at radius 1 is 1.38 bits per heavy atom. The number of hydrogen-bond donors (Lipinski definition) is 3. The number of amides is 1. The molecule has 0 bridgehead atoms. The van der Waals surface area contributed by atoms with Crippen LogP contribution in [0.15, 0.2) is 24.3 Å². The molecule has 0 radical (unpaired) electrons. The summed E-state index contributed by atoms with van der Waals surface area (Å²) in [7, 11) is 1.37. The highest BCUT2D eigenvalue weighted by Crippen LogP contribution is 2.15. The van der Waals surface area contributed by atoms with Gasteiger partial charge in [-0.05, 0) is 24.5 Å². The van der Waals surface area contributed by atoms with Gasteiger partial charge >= 0.3 is 5.97 Å². The van der Waals surface area contributed by atoms with E-state index in [1.165, 1.54) is 7.11 Å². The van der Waals surface area contributed by atoms with Crippen molar-refractivity contribution in [2.45, 2.75) is 26.0 Å². The van der Waals surface area contributed by atoms with Crippen LogP contribution in [0.4, 0.5) is 0 Å². The average molecular weight is 311 g/mol. The molecule has 0 aliphatic carbocycles. The van der Waals surface area contributed by atoms with Gasteiger partial charge in [-0.15, -0.1) is 0 Å². The Labute approximate surface area is 130 Å². The zero-order chi connectivity index (χ0) is 15.8. The van der Waals surface area contributed by atoms with Crippen LogP contribution in [0.3, 0.4) is 0 Å². The maximum Gasteiger partial charge on any atom is 0.307 e. The van der Waals surface area contributed by atoms with Crippen molar-refractivity contribution in [1.29, 1.82) is 0 Å². The number of ether oxygens (including phenoxy) is 1. The van der Waals surface area contributed by atoms with Crippen LogP contribution in [-0.2, 0) is 20.7 Å². The number of nitrogens with one attached hydrogen (secondary N) is 1. The van der Waals surface area contributed by atoms with Crippen molar-refractivity contribution in [3.05, 3.63) is 35.4 Å². The Morgan fingerprint density at radius 2 is 2.05 bits per heavy atom. The summed E-state index contributed by atoms with van der Waals surface area (Å²) >= 11 is 4.22. The van der Waals surface area contributed by atoms with Crippen molar-refractivity contribution in [2.24, 2.45) is 5.92 Å². The van der Waals surface area contributed by atoms with E-state index < -0.39 is 12.2 Å². The van der Waals surface area contributed by atoms with Crippen LogP contribution in [0.25, 0.3) is 0 Å². The Morgan fingerprint density at radius 3 is 2.57 bits per heavy atom. The zero-order valence-corrected chi connectivity index (χ0v) is 13.1. The van der Waals surface area contributed by atoms with Gasteiger partial charge in [-0.1, -0.05) is 24.3 Å². The molecule has 5 nitrogen and oxygen atoms in total. The quantitative estimate of drug-likeness (QED) is 0.504. The summed E-state index contributed by atoms with van der Waals surface area (Å²) in [6.07, 6.45) is -0.536. The van der Waals surface area contributed by atoms with E-state index in [4.69, 9.17) is 9.84 Å². The summed E-state index contributed by atoms with van der Waals surface area (Å²) < 4.78 is 4.96. The number of rotatable bonds is 8. The lowest BCUT2D eigenvalue weighted by molar-refractivity contribution is -0.141. The first-order chi connectivity index (χ1) is 9.97. The van der Waals surface area contributed by atoms with Gasteiger partial charge in [0.05, 0.1) is 12.3 Å². The predicted octanol–water partition coefficient (Wildman–Crippen LogP) is 1.65. The third-order valence-corrected chi connectivity index (χ3v) is 3.71. The van der Waals surface area contributed by atoms with E-state index in [1.54, 1.807) is 0 Å². The standard InChI is InChI=1S/C15H21NO4S/c1-10-5-3-4-6-11(10)7-12(9-21)15(19)16-13(20-2)8-14(17)18/h3-6,12-13,21H,7-9H2,1-2H3,(H,16,19)(H,17,18)/t12-,13+/m1/s1. The van der Waals surface area contributed by atoms with E-state index in [2.05, 4.69) is 17.9 Å². The second-order valence-corrected chi connectivity index (χ2v) is 5.21. The van der Waals surface area contributed by atoms with Crippen molar-refractivity contribution in [3.63, 3.8) is 0 Å². The Balaban J connectivity index is 2.69. The second kappa shape index (κ2) is 8.69.